The average molecular weight is 328 g/mol. The first-order valence-corrected chi connectivity index (χ1v) is 7.18. The molecule has 24 heavy (non-hydrogen) atoms. The van der Waals surface area contributed by atoms with Crippen LogP contribution in [0.15, 0.2) is 48.5 Å². The number of halogens is 1. The molecule has 2 N–H and O–H groups in total. The Morgan fingerprint density at radius 2 is 1.88 bits per heavy atom. The summed E-state index contributed by atoms with van der Waals surface area (Å²) < 4.78 is 13.2. The molecule has 3 rings (SSSR count). The zero-order valence-electron chi connectivity index (χ0n) is 12.4. The fourth-order valence-corrected chi connectivity index (χ4v) is 2.55. The maximum atomic E-state index is 13.2. The molecule has 0 saturated carbocycles. The van der Waals surface area contributed by atoms with Crippen LogP contribution in [0, 0.1) is 5.82 Å². The van der Waals surface area contributed by atoms with Gasteiger partial charge in [-0.1, -0.05) is 6.07 Å². The summed E-state index contributed by atoms with van der Waals surface area (Å²) >= 11 is 0. The average Bonchev–Trinajstić information content (AvgIpc) is 2.81. The van der Waals surface area contributed by atoms with Crippen LogP contribution in [0.1, 0.15) is 16.8 Å². The molecular formula is C17H13FN2O4. The molecule has 2 amide bonds. The third-order valence-electron chi connectivity index (χ3n) is 3.68. The molecule has 0 radical (unpaired) electrons. The number of imide groups is 1. The number of hydrogen-bond acceptors (Lipinski definition) is 4. The second-order valence-electron chi connectivity index (χ2n) is 5.33. The van der Waals surface area contributed by atoms with E-state index in [2.05, 4.69) is 5.32 Å². The zero-order valence-corrected chi connectivity index (χ0v) is 12.4. The van der Waals surface area contributed by atoms with Gasteiger partial charge in [0.25, 0.3) is 5.91 Å². The zero-order chi connectivity index (χ0) is 17.3. The van der Waals surface area contributed by atoms with Crippen LogP contribution >= 0.6 is 0 Å². The van der Waals surface area contributed by atoms with Gasteiger partial charge in [-0.05, 0) is 42.5 Å². The van der Waals surface area contributed by atoms with Crippen molar-refractivity contribution in [2.45, 2.75) is 12.5 Å². The summed E-state index contributed by atoms with van der Waals surface area (Å²) in [5.74, 6) is -2.41. The van der Waals surface area contributed by atoms with Gasteiger partial charge in [-0.3, -0.25) is 9.59 Å². The third kappa shape index (κ3) is 2.96. The Kier molecular flexibility index (Phi) is 3.99. The number of nitrogens with zero attached hydrogens (tertiary/aromatic N) is 1. The summed E-state index contributed by atoms with van der Waals surface area (Å²) in [5.41, 5.74) is 0.773. The van der Waals surface area contributed by atoms with Crippen molar-refractivity contribution in [3.05, 3.63) is 59.9 Å². The molecule has 6 nitrogen and oxygen atoms in total. The van der Waals surface area contributed by atoms with E-state index in [9.17, 15) is 18.8 Å². The Morgan fingerprint density at radius 1 is 1.17 bits per heavy atom. The predicted molar refractivity (Wildman–Crippen MR) is 84.3 cm³/mol. The maximum absolute atomic E-state index is 13.2. The van der Waals surface area contributed by atoms with E-state index < -0.39 is 29.6 Å². The summed E-state index contributed by atoms with van der Waals surface area (Å²) in [6, 6.07) is 10.3. The van der Waals surface area contributed by atoms with Gasteiger partial charge in [0.2, 0.25) is 5.91 Å². The summed E-state index contributed by atoms with van der Waals surface area (Å²) in [4.78, 5) is 36.5. The van der Waals surface area contributed by atoms with Gasteiger partial charge in [0.15, 0.2) is 0 Å². The van der Waals surface area contributed by atoms with Crippen molar-refractivity contribution in [1.29, 1.82) is 0 Å². The van der Waals surface area contributed by atoms with Crippen LogP contribution in [-0.4, -0.2) is 28.9 Å². The standard InChI is InChI=1S/C17H13FN2O4/c18-11-2-1-3-12(8-11)19-14-9-15(21)20(16(14)22)13-6-4-10(5-7-13)17(23)24/h1-8,14,19H,9H2,(H,23,24)/t14-/m0/s1. The molecular weight excluding hydrogens is 315 g/mol. The second-order valence-corrected chi connectivity index (χ2v) is 5.33. The number of nitrogens with one attached hydrogen (secondary N) is 1. The largest absolute Gasteiger partial charge is 0.478 e. The third-order valence-corrected chi connectivity index (χ3v) is 3.68. The van der Waals surface area contributed by atoms with Crippen LogP contribution < -0.4 is 10.2 Å². The lowest BCUT2D eigenvalue weighted by molar-refractivity contribution is -0.121. The lowest BCUT2D eigenvalue weighted by atomic mass is 10.2. The monoisotopic (exact) mass is 328 g/mol. The van der Waals surface area contributed by atoms with Gasteiger partial charge in [-0.25, -0.2) is 14.1 Å². The summed E-state index contributed by atoms with van der Waals surface area (Å²) in [5, 5.41) is 11.7. The Balaban J connectivity index is 1.80. The molecule has 0 aromatic heterocycles. The highest BCUT2D eigenvalue weighted by atomic mass is 19.1. The van der Waals surface area contributed by atoms with Crippen LogP contribution in [-0.2, 0) is 9.59 Å². The molecule has 2 aromatic carbocycles. The Hall–Kier alpha value is -3.22. The molecule has 1 atom stereocenters. The number of aromatic carboxylic acids is 1. The number of carboxylic acid groups (broad SMARTS) is 1. The van der Waals surface area contributed by atoms with Crippen molar-refractivity contribution >= 4 is 29.2 Å². The fraction of sp³-hybridized carbons (Fsp3) is 0.118. The predicted octanol–water partition coefficient (Wildman–Crippen LogP) is 2.27. The molecule has 0 spiro atoms. The topological polar surface area (TPSA) is 86.7 Å². The molecule has 0 bridgehead atoms. The number of hydrogen-bond donors (Lipinski definition) is 2. The van der Waals surface area contributed by atoms with E-state index in [1.807, 2.05) is 0 Å². The van der Waals surface area contributed by atoms with E-state index in [1.165, 1.54) is 42.5 Å². The number of anilines is 2. The maximum Gasteiger partial charge on any atom is 0.335 e. The van der Waals surface area contributed by atoms with Crippen LogP contribution in [0.4, 0.5) is 15.8 Å². The van der Waals surface area contributed by atoms with Crippen LogP contribution in [0.25, 0.3) is 0 Å². The number of amides is 2. The van der Waals surface area contributed by atoms with E-state index in [0.29, 0.717) is 11.4 Å². The molecule has 7 heteroatoms. The van der Waals surface area contributed by atoms with E-state index >= 15 is 0 Å². The van der Waals surface area contributed by atoms with Gasteiger partial charge in [-0.15, -0.1) is 0 Å². The van der Waals surface area contributed by atoms with Gasteiger partial charge >= 0.3 is 5.97 Å². The molecule has 1 heterocycles. The van der Waals surface area contributed by atoms with Gasteiger partial charge in [0.1, 0.15) is 11.9 Å². The lowest BCUT2D eigenvalue weighted by Gasteiger charge is -2.16. The molecule has 122 valence electrons. The number of carbonyl (C=O) groups excluding carboxylic acids is 2. The Labute approximate surface area is 136 Å². The normalized spacial score (nSPS) is 17.2. The number of rotatable bonds is 4. The van der Waals surface area contributed by atoms with Crippen molar-refractivity contribution < 1.29 is 23.9 Å². The van der Waals surface area contributed by atoms with Crippen LogP contribution in [0.2, 0.25) is 0 Å². The van der Waals surface area contributed by atoms with Crippen molar-refractivity contribution in [3.63, 3.8) is 0 Å². The van der Waals surface area contributed by atoms with Gasteiger partial charge in [0, 0.05) is 5.69 Å². The van der Waals surface area contributed by atoms with E-state index in [1.54, 1.807) is 6.07 Å². The first-order valence-electron chi connectivity index (χ1n) is 7.18. The minimum atomic E-state index is -1.09. The van der Waals surface area contributed by atoms with E-state index in [4.69, 9.17) is 5.11 Å². The number of carboxylic acids is 1. The summed E-state index contributed by atoms with van der Waals surface area (Å²) in [7, 11) is 0. The van der Waals surface area contributed by atoms with Crippen molar-refractivity contribution in [2.75, 3.05) is 10.2 Å². The van der Waals surface area contributed by atoms with Crippen molar-refractivity contribution in [2.24, 2.45) is 0 Å². The van der Waals surface area contributed by atoms with Gasteiger partial charge < -0.3 is 10.4 Å². The Morgan fingerprint density at radius 3 is 2.50 bits per heavy atom. The molecule has 1 aliphatic rings. The molecule has 1 saturated heterocycles. The van der Waals surface area contributed by atoms with Crippen LogP contribution in [0.3, 0.4) is 0 Å². The highest BCUT2D eigenvalue weighted by molar-refractivity contribution is 6.23. The minimum Gasteiger partial charge on any atom is -0.478 e. The van der Waals surface area contributed by atoms with E-state index in [0.717, 1.165) is 4.90 Å². The molecule has 0 unspecified atom stereocenters. The van der Waals surface area contributed by atoms with Gasteiger partial charge in [-0.2, -0.15) is 0 Å². The van der Waals surface area contributed by atoms with Crippen molar-refractivity contribution in [1.82, 2.24) is 0 Å². The second kappa shape index (κ2) is 6.11. The highest BCUT2D eigenvalue weighted by Crippen LogP contribution is 2.25. The molecule has 2 aromatic rings. The number of benzene rings is 2. The SMILES string of the molecule is O=C(O)c1ccc(N2C(=O)C[C@H](Nc3cccc(F)c3)C2=O)cc1. The minimum absolute atomic E-state index is 0.0595. The quantitative estimate of drug-likeness (QED) is 0.841. The fourth-order valence-electron chi connectivity index (χ4n) is 2.55. The smallest absolute Gasteiger partial charge is 0.335 e. The lowest BCUT2D eigenvalue weighted by Crippen LogP contribution is -2.34. The van der Waals surface area contributed by atoms with Crippen molar-refractivity contribution in [3.8, 4) is 0 Å². The first-order chi connectivity index (χ1) is 11.5. The molecule has 1 fully saturated rings. The highest BCUT2D eigenvalue weighted by Gasteiger charge is 2.39. The first kappa shape index (κ1) is 15.7. The van der Waals surface area contributed by atoms with Crippen LogP contribution in [0.5, 0.6) is 0 Å². The molecule has 0 aliphatic carbocycles. The van der Waals surface area contributed by atoms with Gasteiger partial charge in [0.05, 0.1) is 17.7 Å². The Bertz CT molecular complexity index is 820. The summed E-state index contributed by atoms with van der Waals surface area (Å²) in [6.45, 7) is 0. The van der Waals surface area contributed by atoms with E-state index in [-0.39, 0.29) is 12.0 Å². The molecule has 1 aliphatic heterocycles. The number of carbonyl (C=O) groups is 3. The summed E-state index contributed by atoms with van der Waals surface area (Å²) in [6.07, 6.45) is -0.0595.